The fraction of sp³-hybridized carbons (Fsp3) is 0.146. The van der Waals surface area contributed by atoms with E-state index in [2.05, 4.69) is 110 Å². The molecule has 4 aromatic heterocycles. The average molecular weight is 902 g/mol. The predicted molar refractivity (Wildman–Crippen MR) is 217 cm³/mol. The fourth-order valence-electron chi connectivity index (χ4n) is 6.89. The smallest absolute Gasteiger partial charge is 0.168 e. The molecule has 0 spiro atoms. The Bertz CT molecular complexity index is 2820. The van der Waals surface area contributed by atoms with E-state index >= 15 is 0 Å². The minimum atomic E-state index is -2.15. The van der Waals surface area contributed by atoms with E-state index in [-0.39, 0.29) is 31.5 Å². The van der Waals surface area contributed by atoms with Gasteiger partial charge in [-0.05, 0) is 58.8 Å². The maximum Gasteiger partial charge on any atom is 0.168 e. The van der Waals surface area contributed by atoms with E-state index in [0.717, 1.165) is 50.0 Å². The molecule has 0 aliphatic carbocycles. The van der Waals surface area contributed by atoms with Crippen LogP contribution in [0.3, 0.4) is 0 Å². The van der Waals surface area contributed by atoms with Crippen molar-refractivity contribution in [1.82, 2.24) is 19.5 Å². The van der Waals surface area contributed by atoms with E-state index < -0.39 is 6.85 Å². The summed E-state index contributed by atoms with van der Waals surface area (Å²) in [7, 11) is 0. The summed E-state index contributed by atoms with van der Waals surface area (Å²) in [5.41, 5.74) is 11.4. The van der Waals surface area contributed by atoms with Crippen molar-refractivity contribution in [2.45, 2.75) is 46.4 Å². The maximum atomic E-state index is 12.7. The standard InChI is InChI=1S/C36H30N3O.C12H9FN.Ir/c1-22(2)26-15-10-16-27(23(3)4)33(26)39-31-20-25(24-12-6-5-7-13-24)21-37-35(31)38-36(39)30-18-11-17-29-28-14-8-9-19-32(28)40-34(29)30;1-9-2-7-12(14-8-9)10-3-5-11(13)6-4-10;/h5-17,19-23H,1-4H3;2-3,5-8H,1H3;/q2*-1;/i;1D3;. The van der Waals surface area contributed by atoms with Crippen molar-refractivity contribution in [1.29, 1.82) is 0 Å². The van der Waals surface area contributed by atoms with Crippen LogP contribution in [0.5, 0.6) is 0 Å². The fourth-order valence-corrected chi connectivity index (χ4v) is 6.89. The molecule has 9 aromatic rings. The van der Waals surface area contributed by atoms with Crippen molar-refractivity contribution >= 4 is 33.1 Å². The van der Waals surface area contributed by atoms with Gasteiger partial charge in [-0.3, -0.25) is 9.37 Å². The average Bonchev–Trinajstić information content (AvgIpc) is 3.79. The number of fused-ring (bicyclic) bond motifs is 4. The molecule has 0 aliphatic heterocycles. The molecule has 0 fully saturated rings. The van der Waals surface area contributed by atoms with Crippen molar-refractivity contribution in [2.24, 2.45) is 0 Å². The number of aromatic nitrogens is 4. The summed E-state index contributed by atoms with van der Waals surface area (Å²) >= 11 is 0. The molecule has 0 amide bonds. The summed E-state index contributed by atoms with van der Waals surface area (Å²) in [6, 6.07) is 44.9. The Hall–Kier alpha value is -5.75. The van der Waals surface area contributed by atoms with Gasteiger partial charge in [-0.1, -0.05) is 118 Å². The summed E-state index contributed by atoms with van der Waals surface area (Å²) in [4.78, 5) is 14.1. The van der Waals surface area contributed by atoms with Gasteiger partial charge >= 0.3 is 0 Å². The number of aryl methyl sites for hydroxylation is 1. The van der Waals surface area contributed by atoms with E-state index in [1.54, 1.807) is 12.1 Å². The Morgan fingerprint density at radius 3 is 2.20 bits per heavy atom. The largest absolute Gasteiger partial charge is 0.501 e. The van der Waals surface area contributed by atoms with Crippen LogP contribution in [0.2, 0.25) is 0 Å². The zero-order chi connectivity index (χ0) is 39.8. The Balaban J connectivity index is 0.000000240. The number of para-hydroxylation sites is 2. The van der Waals surface area contributed by atoms with Crippen LogP contribution in [-0.2, 0) is 20.1 Å². The molecule has 0 bridgehead atoms. The topological polar surface area (TPSA) is 56.7 Å². The number of nitrogens with zero attached hydrogens (tertiary/aromatic N) is 4. The molecule has 0 aliphatic rings. The molecule has 9 rings (SSSR count). The molecule has 55 heavy (non-hydrogen) atoms. The first-order valence-electron chi connectivity index (χ1n) is 19.5. The van der Waals surface area contributed by atoms with Gasteiger partial charge in [0.2, 0.25) is 0 Å². The van der Waals surface area contributed by atoms with Gasteiger partial charge in [0.05, 0.1) is 16.9 Å². The Morgan fingerprint density at radius 1 is 0.745 bits per heavy atom. The molecule has 5 nitrogen and oxygen atoms in total. The molecular weight excluding hydrogens is 860 g/mol. The number of rotatable bonds is 6. The number of halogens is 1. The van der Waals surface area contributed by atoms with Crippen LogP contribution in [0.4, 0.5) is 4.39 Å². The van der Waals surface area contributed by atoms with E-state index in [4.69, 9.17) is 18.5 Å². The zero-order valence-electron chi connectivity index (χ0n) is 33.8. The third-order valence-electron chi connectivity index (χ3n) is 9.56. The molecule has 7 heteroatoms. The van der Waals surface area contributed by atoms with Crippen molar-refractivity contribution < 1.29 is 33.0 Å². The van der Waals surface area contributed by atoms with Crippen LogP contribution in [0.15, 0.2) is 138 Å². The maximum absolute atomic E-state index is 12.7. The van der Waals surface area contributed by atoms with E-state index in [1.165, 1.54) is 41.2 Å². The van der Waals surface area contributed by atoms with Crippen LogP contribution in [0, 0.1) is 24.8 Å². The Labute approximate surface area is 338 Å². The third kappa shape index (κ3) is 7.38. The number of pyridine rings is 2. The van der Waals surface area contributed by atoms with Gasteiger partial charge in [0.1, 0.15) is 5.58 Å². The first kappa shape index (κ1) is 33.8. The summed E-state index contributed by atoms with van der Waals surface area (Å²) in [5.74, 6) is 1.05. The van der Waals surface area contributed by atoms with Gasteiger partial charge in [-0.15, -0.1) is 48.0 Å². The van der Waals surface area contributed by atoms with Gasteiger partial charge < -0.3 is 14.0 Å². The van der Waals surface area contributed by atoms with Crippen LogP contribution in [0.1, 0.15) is 60.3 Å². The van der Waals surface area contributed by atoms with Crippen LogP contribution >= 0.6 is 0 Å². The molecule has 0 saturated carbocycles. The molecule has 0 N–H and O–H groups in total. The summed E-state index contributed by atoms with van der Waals surface area (Å²) in [6.07, 6.45) is 3.22. The summed E-state index contributed by atoms with van der Waals surface area (Å²) < 4.78 is 43.1. The first-order valence-corrected chi connectivity index (χ1v) is 18.0. The van der Waals surface area contributed by atoms with Gasteiger partial charge in [0.15, 0.2) is 5.65 Å². The molecule has 275 valence electrons. The van der Waals surface area contributed by atoms with Gasteiger partial charge in [-0.2, -0.15) is 0 Å². The van der Waals surface area contributed by atoms with Crippen LogP contribution in [-0.4, -0.2) is 19.5 Å². The number of hydrogen-bond donors (Lipinski definition) is 0. The second kappa shape index (κ2) is 15.9. The summed E-state index contributed by atoms with van der Waals surface area (Å²) in [6.45, 7) is 6.85. The van der Waals surface area contributed by atoms with Crippen molar-refractivity contribution in [3.05, 3.63) is 168 Å². The third-order valence-corrected chi connectivity index (χ3v) is 9.56. The van der Waals surface area contributed by atoms with Crippen LogP contribution < -0.4 is 0 Å². The molecule has 5 aromatic carbocycles. The van der Waals surface area contributed by atoms with Gasteiger partial charge in [0, 0.05) is 59.1 Å². The predicted octanol–water partition coefficient (Wildman–Crippen LogP) is 12.7. The SMILES string of the molecule is CC(C)c1cccc(C(C)C)c1-n1c(-c2[c-]ccc3c2oc2ccccc23)nc2ncc(-c3ccccc3)cc21.[2H]C([2H])([2H])c1ccc(-c2[c-]cc(F)cc2)nc1.[Ir]. The summed E-state index contributed by atoms with van der Waals surface area (Å²) in [5, 5.41) is 2.15. The Morgan fingerprint density at radius 2 is 1.51 bits per heavy atom. The quantitative estimate of drug-likeness (QED) is 0.156. The van der Waals surface area contributed by atoms with Gasteiger partial charge in [-0.25, -0.2) is 4.98 Å². The number of imidazole rings is 1. The number of hydrogen-bond acceptors (Lipinski definition) is 4. The second-order valence-corrected chi connectivity index (χ2v) is 13.8. The molecule has 4 heterocycles. The number of furan rings is 1. The molecule has 0 saturated heterocycles. The van der Waals surface area contributed by atoms with Crippen LogP contribution in [0.25, 0.3) is 72.6 Å². The van der Waals surface area contributed by atoms with E-state index in [9.17, 15) is 4.39 Å². The van der Waals surface area contributed by atoms with Crippen molar-refractivity contribution in [2.75, 3.05) is 0 Å². The Kier molecular flexibility index (Phi) is 9.78. The van der Waals surface area contributed by atoms with E-state index in [0.29, 0.717) is 28.7 Å². The van der Waals surface area contributed by atoms with Crippen molar-refractivity contribution in [3.63, 3.8) is 0 Å². The number of benzene rings is 5. The minimum absolute atomic E-state index is 0. The van der Waals surface area contributed by atoms with E-state index in [1.807, 2.05) is 36.5 Å². The first-order chi connectivity index (χ1) is 27.5. The molecule has 0 atom stereocenters. The van der Waals surface area contributed by atoms with Gasteiger partial charge in [0.25, 0.3) is 0 Å². The molecule has 0 unspecified atom stereocenters. The monoisotopic (exact) mass is 902 g/mol. The minimum Gasteiger partial charge on any atom is -0.501 e. The molecular formula is C48H39FIrN4O-2. The zero-order valence-corrected chi connectivity index (χ0v) is 33.2. The normalized spacial score (nSPS) is 12.3. The van der Waals surface area contributed by atoms with Crippen molar-refractivity contribution in [3.8, 4) is 39.5 Å². The molecule has 1 radical (unpaired) electrons. The second-order valence-electron chi connectivity index (χ2n) is 13.8.